The Kier molecular flexibility index (Phi) is 4.83. The van der Waals surface area contributed by atoms with Crippen LogP contribution in [0.2, 0.25) is 0 Å². The highest BCUT2D eigenvalue weighted by atomic mass is 14.9. The van der Waals surface area contributed by atoms with E-state index in [1.807, 2.05) is 0 Å². The Labute approximate surface area is 93.9 Å². The van der Waals surface area contributed by atoms with Crippen LogP contribution in [0.25, 0.3) is 0 Å². The second-order valence-corrected chi connectivity index (χ2v) is 4.93. The molecule has 0 spiro atoms. The van der Waals surface area contributed by atoms with E-state index in [-0.39, 0.29) is 0 Å². The van der Waals surface area contributed by atoms with Gasteiger partial charge in [-0.3, -0.25) is 0 Å². The minimum absolute atomic E-state index is 0.480. The standard InChI is InChI=1S/C14H23N/c1-11(2)10-15-14(12(3)4)13-8-6-5-7-9-13/h5-9,11-12,14-15H,10H2,1-4H3/t14-/m0/s1. The molecule has 1 atom stereocenters. The maximum Gasteiger partial charge on any atom is 0.0343 e. The van der Waals surface area contributed by atoms with Gasteiger partial charge in [0, 0.05) is 6.04 Å². The van der Waals surface area contributed by atoms with Crippen LogP contribution in [-0.2, 0) is 0 Å². The minimum Gasteiger partial charge on any atom is -0.309 e. The highest BCUT2D eigenvalue weighted by Crippen LogP contribution is 2.21. The van der Waals surface area contributed by atoms with Crippen LogP contribution in [0.3, 0.4) is 0 Å². The summed E-state index contributed by atoms with van der Waals surface area (Å²) in [7, 11) is 0. The topological polar surface area (TPSA) is 12.0 Å². The monoisotopic (exact) mass is 205 g/mol. The molecule has 1 aromatic rings. The van der Waals surface area contributed by atoms with Gasteiger partial charge < -0.3 is 5.32 Å². The van der Waals surface area contributed by atoms with Gasteiger partial charge in [0.15, 0.2) is 0 Å². The lowest BCUT2D eigenvalue weighted by Gasteiger charge is -2.24. The predicted molar refractivity (Wildman–Crippen MR) is 66.9 cm³/mol. The third kappa shape index (κ3) is 4.05. The molecule has 1 nitrogen and oxygen atoms in total. The zero-order valence-electron chi connectivity index (χ0n) is 10.3. The van der Waals surface area contributed by atoms with E-state index in [0.29, 0.717) is 17.9 Å². The molecule has 0 unspecified atom stereocenters. The fraction of sp³-hybridized carbons (Fsp3) is 0.571. The van der Waals surface area contributed by atoms with Crippen LogP contribution in [0.1, 0.15) is 39.3 Å². The molecule has 0 aromatic heterocycles. The Balaban J connectivity index is 2.66. The number of rotatable bonds is 5. The van der Waals surface area contributed by atoms with Gasteiger partial charge in [0.25, 0.3) is 0 Å². The van der Waals surface area contributed by atoms with Crippen LogP contribution in [0, 0.1) is 11.8 Å². The molecular formula is C14H23N. The fourth-order valence-corrected chi connectivity index (χ4v) is 1.76. The molecule has 1 N–H and O–H groups in total. The first-order valence-corrected chi connectivity index (χ1v) is 5.89. The molecule has 0 radical (unpaired) electrons. The SMILES string of the molecule is CC(C)CN[C@H](c1ccccc1)C(C)C. The van der Waals surface area contributed by atoms with Gasteiger partial charge in [0.05, 0.1) is 0 Å². The summed E-state index contributed by atoms with van der Waals surface area (Å²) in [4.78, 5) is 0. The van der Waals surface area contributed by atoms with Gasteiger partial charge in [0.1, 0.15) is 0 Å². The largest absolute Gasteiger partial charge is 0.309 e. The normalized spacial score (nSPS) is 13.5. The average molecular weight is 205 g/mol. The zero-order valence-corrected chi connectivity index (χ0v) is 10.3. The van der Waals surface area contributed by atoms with E-state index in [0.717, 1.165) is 6.54 Å². The lowest BCUT2D eigenvalue weighted by Crippen LogP contribution is -2.28. The molecule has 0 heterocycles. The first-order valence-electron chi connectivity index (χ1n) is 5.89. The summed E-state index contributed by atoms with van der Waals surface area (Å²) in [5.74, 6) is 1.33. The number of hydrogen-bond acceptors (Lipinski definition) is 1. The lowest BCUT2D eigenvalue weighted by atomic mass is 9.95. The second-order valence-electron chi connectivity index (χ2n) is 4.93. The molecule has 15 heavy (non-hydrogen) atoms. The number of benzene rings is 1. The lowest BCUT2D eigenvalue weighted by molar-refractivity contribution is 0.387. The summed E-state index contributed by atoms with van der Waals surface area (Å²) in [5, 5.41) is 3.63. The molecule has 1 rings (SSSR count). The molecule has 84 valence electrons. The summed E-state index contributed by atoms with van der Waals surface area (Å²) in [6, 6.07) is 11.2. The van der Waals surface area contributed by atoms with E-state index in [2.05, 4.69) is 63.3 Å². The second kappa shape index (κ2) is 5.92. The van der Waals surface area contributed by atoms with E-state index in [1.165, 1.54) is 5.56 Å². The van der Waals surface area contributed by atoms with Crippen molar-refractivity contribution in [2.75, 3.05) is 6.54 Å². The molecule has 0 saturated heterocycles. The molecule has 0 fully saturated rings. The van der Waals surface area contributed by atoms with Crippen molar-refractivity contribution in [1.29, 1.82) is 0 Å². The van der Waals surface area contributed by atoms with Crippen molar-refractivity contribution in [3.05, 3.63) is 35.9 Å². The highest BCUT2D eigenvalue weighted by Gasteiger charge is 2.14. The molecule has 0 aliphatic rings. The van der Waals surface area contributed by atoms with Gasteiger partial charge in [-0.25, -0.2) is 0 Å². The molecule has 1 aromatic carbocycles. The van der Waals surface area contributed by atoms with Crippen LogP contribution in [-0.4, -0.2) is 6.54 Å². The summed E-state index contributed by atoms with van der Waals surface area (Å²) in [5.41, 5.74) is 1.40. The number of nitrogens with one attached hydrogen (secondary N) is 1. The Hall–Kier alpha value is -0.820. The van der Waals surface area contributed by atoms with Crippen molar-refractivity contribution in [2.45, 2.75) is 33.7 Å². The zero-order chi connectivity index (χ0) is 11.3. The third-order valence-electron chi connectivity index (χ3n) is 2.57. The molecule has 0 bridgehead atoms. The third-order valence-corrected chi connectivity index (χ3v) is 2.57. The van der Waals surface area contributed by atoms with E-state index >= 15 is 0 Å². The van der Waals surface area contributed by atoms with E-state index in [9.17, 15) is 0 Å². The summed E-state index contributed by atoms with van der Waals surface area (Å²) >= 11 is 0. The summed E-state index contributed by atoms with van der Waals surface area (Å²) < 4.78 is 0. The van der Waals surface area contributed by atoms with Crippen LogP contribution in [0.4, 0.5) is 0 Å². The first-order chi connectivity index (χ1) is 7.11. The maximum atomic E-state index is 3.63. The molecule has 0 aliphatic heterocycles. The molecule has 0 saturated carbocycles. The van der Waals surface area contributed by atoms with E-state index < -0.39 is 0 Å². The number of hydrogen-bond donors (Lipinski definition) is 1. The fourth-order valence-electron chi connectivity index (χ4n) is 1.76. The van der Waals surface area contributed by atoms with Crippen molar-refractivity contribution in [1.82, 2.24) is 5.32 Å². The molecule has 1 heteroatoms. The quantitative estimate of drug-likeness (QED) is 0.774. The maximum absolute atomic E-state index is 3.63. The molecular weight excluding hydrogens is 182 g/mol. The first kappa shape index (κ1) is 12.3. The van der Waals surface area contributed by atoms with Gasteiger partial charge >= 0.3 is 0 Å². The minimum atomic E-state index is 0.480. The van der Waals surface area contributed by atoms with Gasteiger partial charge in [-0.1, -0.05) is 58.0 Å². The Bertz CT molecular complexity index is 264. The predicted octanol–water partition coefficient (Wildman–Crippen LogP) is 3.63. The highest BCUT2D eigenvalue weighted by molar-refractivity contribution is 5.19. The van der Waals surface area contributed by atoms with Gasteiger partial charge in [-0.15, -0.1) is 0 Å². The van der Waals surface area contributed by atoms with Crippen molar-refractivity contribution >= 4 is 0 Å². The molecule has 0 aliphatic carbocycles. The Morgan fingerprint density at radius 3 is 2.07 bits per heavy atom. The van der Waals surface area contributed by atoms with Gasteiger partial charge in [-0.2, -0.15) is 0 Å². The van der Waals surface area contributed by atoms with Crippen molar-refractivity contribution in [3.63, 3.8) is 0 Å². The van der Waals surface area contributed by atoms with E-state index in [4.69, 9.17) is 0 Å². The van der Waals surface area contributed by atoms with E-state index in [1.54, 1.807) is 0 Å². The Morgan fingerprint density at radius 1 is 1.00 bits per heavy atom. The van der Waals surface area contributed by atoms with Crippen molar-refractivity contribution in [3.8, 4) is 0 Å². The van der Waals surface area contributed by atoms with Crippen molar-refractivity contribution < 1.29 is 0 Å². The smallest absolute Gasteiger partial charge is 0.0343 e. The summed E-state index contributed by atoms with van der Waals surface area (Å²) in [6.07, 6.45) is 0. The molecule has 0 amide bonds. The van der Waals surface area contributed by atoms with Crippen LogP contribution in [0.5, 0.6) is 0 Å². The van der Waals surface area contributed by atoms with Crippen molar-refractivity contribution in [2.24, 2.45) is 11.8 Å². The van der Waals surface area contributed by atoms with Gasteiger partial charge in [-0.05, 0) is 23.9 Å². The summed E-state index contributed by atoms with van der Waals surface area (Å²) in [6.45, 7) is 10.1. The van der Waals surface area contributed by atoms with Crippen LogP contribution in [0.15, 0.2) is 30.3 Å². The van der Waals surface area contributed by atoms with Crippen LogP contribution >= 0.6 is 0 Å². The van der Waals surface area contributed by atoms with Gasteiger partial charge in [0.2, 0.25) is 0 Å². The Morgan fingerprint density at radius 2 is 1.60 bits per heavy atom. The average Bonchev–Trinajstić information content (AvgIpc) is 2.18. The van der Waals surface area contributed by atoms with Crippen LogP contribution < -0.4 is 5.32 Å².